The number of aryl methyl sites for hydroxylation is 1. The van der Waals surface area contributed by atoms with E-state index in [0.29, 0.717) is 12.4 Å². The second kappa shape index (κ2) is 5.05. The number of nitrogens with two attached hydrogens (primary N) is 1. The molecule has 1 atom stereocenters. The number of nitrogens with zero attached hydrogens (tertiary/aromatic N) is 5. The molecule has 0 bridgehead atoms. The van der Waals surface area contributed by atoms with Gasteiger partial charge in [-0.15, -0.1) is 10.2 Å². The quantitative estimate of drug-likeness (QED) is 0.770. The molecule has 2 heterocycles. The molecule has 0 saturated heterocycles. The lowest BCUT2D eigenvalue weighted by molar-refractivity contribution is 0.625. The zero-order valence-electron chi connectivity index (χ0n) is 11.7. The molecule has 0 saturated carbocycles. The summed E-state index contributed by atoms with van der Waals surface area (Å²) in [7, 11) is 1.77. The molecule has 2 aromatic heterocycles. The number of fused-ring (bicyclic) bond motifs is 1. The summed E-state index contributed by atoms with van der Waals surface area (Å²) in [6, 6.07) is 8.48. The largest absolute Gasteiger partial charge is 0.339 e. The number of rotatable bonds is 4. The second-order valence-corrected chi connectivity index (χ2v) is 5.18. The Morgan fingerprint density at radius 1 is 1.30 bits per heavy atom. The third-order valence-corrected chi connectivity index (χ3v) is 3.27. The second-order valence-electron chi connectivity index (χ2n) is 5.18. The van der Waals surface area contributed by atoms with Crippen LogP contribution in [0.4, 0.5) is 0 Å². The van der Waals surface area contributed by atoms with Gasteiger partial charge in [-0.2, -0.15) is 4.80 Å². The van der Waals surface area contributed by atoms with Gasteiger partial charge in [0.15, 0.2) is 5.82 Å². The van der Waals surface area contributed by atoms with Crippen LogP contribution in [0.5, 0.6) is 0 Å². The fraction of sp³-hybridized carbons (Fsp3) is 0.357. The van der Waals surface area contributed by atoms with Gasteiger partial charge in [0.25, 0.3) is 0 Å². The highest BCUT2D eigenvalue weighted by Crippen LogP contribution is 2.22. The third-order valence-electron chi connectivity index (χ3n) is 3.27. The molecule has 0 spiro atoms. The molecule has 0 radical (unpaired) electrons. The van der Waals surface area contributed by atoms with Crippen molar-refractivity contribution >= 4 is 10.9 Å². The first-order valence-electron chi connectivity index (χ1n) is 6.68. The molecule has 0 amide bonds. The van der Waals surface area contributed by atoms with E-state index in [1.54, 1.807) is 7.05 Å². The Bertz CT molecular complexity index is 724. The molecule has 6 heteroatoms. The van der Waals surface area contributed by atoms with Crippen molar-refractivity contribution in [2.75, 3.05) is 0 Å². The number of para-hydroxylation sites is 1. The summed E-state index contributed by atoms with van der Waals surface area (Å²) in [6.45, 7) is 2.64. The van der Waals surface area contributed by atoms with Crippen LogP contribution in [0.1, 0.15) is 18.3 Å². The molecule has 0 fully saturated rings. The number of tetrazole rings is 1. The normalized spacial score (nSPS) is 12.9. The van der Waals surface area contributed by atoms with Crippen LogP contribution in [0.2, 0.25) is 0 Å². The van der Waals surface area contributed by atoms with Crippen molar-refractivity contribution in [3.05, 3.63) is 41.9 Å². The maximum absolute atomic E-state index is 5.93. The Hall–Kier alpha value is -2.21. The average molecular weight is 270 g/mol. The number of benzene rings is 1. The van der Waals surface area contributed by atoms with Crippen LogP contribution in [0.15, 0.2) is 30.5 Å². The molecule has 3 rings (SSSR count). The first-order chi connectivity index (χ1) is 9.63. The zero-order valence-corrected chi connectivity index (χ0v) is 11.7. The van der Waals surface area contributed by atoms with Gasteiger partial charge in [-0.1, -0.05) is 18.2 Å². The minimum Gasteiger partial charge on any atom is -0.339 e. The van der Waals surface area contributed by atoms with Gasteiger partial charge in [-0.05, 0) is 30.2 Å². The van der Waals surface area contributed by atoms with E-state index in [9.17, 15) is 0 Å². The van der Waals surface area contributed by atoms with Crippen molar-refractivity contribution in [2.24, 2.45) is 12.8 Å². The van der Waals surface area contributed by atoms with Gasteiger partial charge in [0.05, 0.1) is 13.6 Å². The first kappa shape index (κ1) is 12.8. The lowest BCUT2D eigenvalue weighted by atomic mass is 10.1. The maximum Gasteiger partial charge on any atom is 0.194 e. The van der Waals surface area contributed by atoms with E-state index >= 15 is 0 Å². The predicted molar refractivity (Wildman–Crippen MR) is 77.2 cm³/mol. The van der Waals surface area contributed by atoms with Crippen molar-refractivity contribution < 1.29 is 0 Å². The number of hydrogen-bond acceptors (Lipinski definition) is 4. The lowest BCUT2D eigenvalue weighted by Crippen LogP contribution is -2.17. The molecule has 3 aromatic rings. The van der Waals surface area contributed by atoms with Gasteiger partial charge in [0.2, 0.25) is 0 Å². The molecule has 0 aliphatic carbocycles. The Labute approximate surface area is 117 Å². The Morgan fingerprint density at radius 2 is 2.10 bits per heavy atom. The van der Waals surface area contributed by atoms with Crippen LogP contribution in [0, 0.1) is 0 Å². The highest BCUT2D eigenvalue weighted by Gasteiger charge is 2.11. The van der Waals surface area contributed by atoms with Gasteiger partial charge in [-0.25, -0.2) is 0 Å². The standard InChI is InChI=1S/C14H18N6/c1-10(15)7-11-8-20(9-14-16-18-19(2)17-14)13-6-4-3-5-12(11)13/h3-6,8,10H,7,9,15H2,1-2H3. The van der Waals surface area contributed by atoms with Crippen molar-refractivity contribution in [2.45, 2.75) is 25.9 Å². The van der Waals surface area contributed by atoms with E-state index in [1.165, 1.54) is 21.3 Å². The molecule has 2 N–H and O–H groups in total. The van der Waals surface area contributed by atoms with E-state index in [-0.39, 0.29) is 6.04 Å². The summed E-state index contributed by atoms with van der Waals surface area (Å²) < 4.78 is 2.16. The molecular weight excluding hydrogens is 252 g/mol. The molecule has 1 aromatic carbocycles. The zero-order chi connectivity index (χ0) is 14.1. The molecule has 104 valence electrons. The van der Waals surface area contributed by atoms with E-state index in [0.717, 1.165) is 6.42 Å². The minimum atomic E-state index is 0.142. The van der Waals surface area contributed by atoms with Crippen LogP contribution >= 0.6 is 0 Å². The van der Waals surface area contributed by atoms with Crippen molar-refractivity contribution in [3.8, 4) is 0 Å². The van der Waals surface area contributed by atoms with Crippen LogP contribution in [0.25, 0.3) is 10.9 Å². The van der Waals surface area contributed by atoms with Crippen LogP contribution in [-0.4, -0.2) is 30.8 Å². The van der Waals surface area contributed by atoms with E-state index in [2.05, 4.69) is 44.4 Å². The van der Waals surface area contributed by atoms with Crippen LogP contribution in [0.3, 0.4) is 0 Å². The highest BCUT2D eigenvalue weighted by atomic mass is 15.6. The van der Waals surface area contributed by atoms with Gasteiger partial charge < -0.3 is 10.3 Å². The van der Waals surface area contributed by atoms with Gasteiger partial charge in [-0.3, -0.25) is 0 Å². The molecule has 6 nitrogen and oxygen atoms in total. The number of aromatic nitrogens is 5. The van der Waals surface area contributed by atoms with Crippen molar-refractivity contribution in [1.82, 2.24) is 24.8 Å². The SMILES string of the molecule is CC(N)Cc1cn(Cc2nnn(C)n2)c2ccccc12. The third kappa shape index (κ3) is 2.42. The van der Waals surface area contributed by atoms with E-state index in [4.69, 9.17) is 5.73 Å². The highest BCUT2D eigenvalue weighted by molar-refractivity contribution is 5.84. The summed E-state index contributed by atoms with van der Waals surface area (Å²) in [4.78, 5) is 1.48. The topological polar surface area (TPSA) is 74.6 Å². The van der Waals surface area contributed by atoms with Gasteiger partial charge >= 0.3 is 0 Å². The van der Waals surface area contributed by atoms with E-state index in [1.807, 2.05) is 13.0 Å². The Balaban J connectivity index is 2.02. The summed E-state index contributed by atoms with van der Waals surface area (Å²) in [5.74, 6) is 0.709. The summed E-state index contributed by atoms with van der Waals surface area (Å²) in [6.07, 6.45) is 3.01. The minimum absolute atomic E-state index is 0.142. The molecule has 20 heavy (non-hydrogen) atoms. The fourth-order valence-corrected chi connectivity index (χ4v) is 2.50. The summed E-state index contributed by atoms with van der Waals surface area (Å²) in [5, 5.41) is 13.4. The van der Waals surface area contributed by atoms with Crippen molar-refractivity contribution in [1.29, 1.82) is 0 Å². The van der Waals surface area contributed by atoms with Crippen LogP contribution in [-0.2, 0) is 20.0 Å². The first-order valence-corrected chi connectivity index (χ1v) is 6.68. The molecule has 0 aliphatic rings. The summed E-state index contributed by atoms with van der Waals surface area (Å²) >= 11 is 0. The molecular formula is C14H18N6. The van der Waals surface area contributed by atoms with Gasteiger partial charge in [0.1, 0.15) is 0 Å². The van der Waals surface area contributed by atoms with Crippen molar-refractivity contribution in [3.63, 3.8) is 0 Å². The smallest absolute Gasteiger partial charge is 0.194 e. The summed E-state index contributed by atoms with van der Waals surface area (Å²) in [5.41, 5.74) is 8.37. The lowest BCUT2D eigenvalue weighted by Gasteiger charge is -2.02. The molecule has 1 unspecified atom stereocenters. The van der Waals surface area contributed by atoms with Gasteiger partial charge in [0, 0.05) is 23.1 Å². The predicted octanol–water partition coefficient (Wildman–Crippen LogP) is 1.10. The molecule has 0 aliphatic heterocycles. The van der Waals surface area contributed by atoms with Crippen LogP contribution < -0.4 is 5.73 Å². The fourth-order valence-electron chi connectivity index (χ4n) is 2.50. The Morgan fingerprint density at radius 3 is 2.80 bits per heavy atom. The maximum atomic E-state index is 5.93. The van der Waals surface area contributed by atoms with E-state index < -0.39 is 0 Å². The average Bonchev–Trinajstić information content (AvgIpc) is 2.95. The Kier molecular flexibility index (Phi) is 3.23. The number of hydrogen-bond donors (Lipinski definition) is 1. The monoisotopic (exact) mass is 270 g/mol.